The van der Waals surface area contributed by atoms with Gasteiger partial charge in [-0.2, -0.15) is 0 Å². The van der Waals surface area contributed by atoms with E-state index in [0.29, 0.717) is 34.6 Å². The predicted octanol–water partition coefficient (Wildman–Crippen LogP) is 4.40. The van der Waals surface area contributed by atoms with Gasteiger partial charge >= 0.3 is 5.63 Å². The summed E-state index contributed by atoms with van der Waals surface area (Å²) in [5, 5.41) is 10.6. The van der Waals surface area contributed by atoms with E-state index in [4.69, 9.17) is 13.9 Å². The van der Waals surface area contributed by atoms with Crippen LogP contribution in [0.15, 0.2) is 33.5 Å². The van der Waals surface area contributed by atoms with Gasteiger partial charge in [-0.25, -0.2) is 4.79 Å². The predicted molar refractivity (Wildman–Crippen MR) is 111 cm³/mol. The Morgan fingerprint density at radius 1 is 1.10 bits per heavy atom. The maximum atomic E-state index is 13.1. The van der Waals surface area contributed by atoms with Crippen LogP contribution in [0.5, 0.6) is 17.2 Å². The number of phenolic OH excluding ortho intramolecular Hbond substituents is 1. The van der Waals surface area contributed by atoms with Gasteiger partial charge < -0.3 is 19.0 Å². The van der Waals surface area contributed by atoms with Crippen molar-refractivity contribution in [2.45, 2.75) is 45.1 Å². The van der Waals surface area contributed by atoms with Crippen LogP contribution in [0.1, 0.15) is 58.0 Å². The molecule has 0 saturated heterocycles. The summed E-state index contributed by atoms with van der Waals surface area (Å²) < 4.78 is 17.3. The minimum absolute atomic E-state index is 0.0107. The number of benzene rings is 2. The van der Waals surface area contributed by atoms with Crippen LogP contribution in [-0.2, 0) is 12.8 Å². The Labute approximate surface area is 173 Å². The van der Waals surface area contributed by atoms with E-state index in [-0.39, 0.29) is 23.6 Å². The molecule has 0 bridgehead atoms. The van der Waals surface area contributed by atoms with Crippen molar-refractivity contribution >= 4 is 16.8 Å². The average Bonchev–Trinajstić information content (AvgIpc) is 2.73. The minimum atomic E-state index is -0.518. The highest BCUT2D eigenvalue weighted by Gasteiger charge is 2.33. The minimum Gasteiger partial charge on any atom is -0.504 e. The number of hydrogen-bond donors (Lipinski definition) is 1. The molecule has 154 valence electrons. The zero-order valence-corrected chi connectivity index (χ0v) is 16.9. The lowest BCUT2D eigenvalue weighted by atomic mass is 9.86. The normalized spacial score (nSPS) is 17.9. The molecule has 1 aromatic heterocycles. The van der Waals surface area contributed by atoms with Crippen LogP contribution in [0, 0.1) is 6.92 Å². The standard InChI is InChI=1S/C24H22O6/c1-12-9-20-22(14-5-3-4-6-15(14)24(27)30-20)23-21(12)17(26)11-18(29-23)13-7-8-16(25)19(10-13)28-2/h7-10,18,25H,3-6,11H2,1-2H3/t18-/m1/s1. The van der Waals surface area contributed by atoms with E-state index in [1.165, 1.54) is 13.2 Å². The molecule has 2 aromatic carbocycles. The van der Waals surface area contributed by atoms with E-state index >= 15 is 0 Å². The monoisotopic (exact) mass is 406 g/mol. The van der Waals surface area contributed by atoms with Gasteiger partial charge in [-0.05, 0) is 67.5 Å². The lowest BCUT2D eigenvalue weighted by molar-refractivity contribution is 0.0852. The molecule has 0 unspecified atom stereocenters. The van der Waals surface area contributed by atoms with E-state index in [1.54, 1.807) is 18.2 Å². The molecule has 0 radical (unpaired) electrons. The largest absolute Gasteiger partial charge is 0.504 e. The van der Waals surface area contributed by atoms with E-state index in [0.717, 1.165) is 41.3 Å². The number of ketones is 1. The Hall–Kier alpha value is -3.28. The van der Waals surface area contributed by atoms with Crippen molar-refractivity contribution in [3.8, 4) is 17.2 Å². The van der Waals surface area contributed by atoms with E-state index in [2.05, 4.69) is 0 Å². The number of Topliss-reactive ketones (excluding diaryl/α,β-unsaturated/α-hetero) is 1. The lowest BCUT2D eigenvalue weighted by Crippen LogP contribution is -2.23. The highest BCUT2D eigenvalue weighted by atomic mass is 16.5. The molecule has 2 heterocycles. The fraction of sp³-hybridized carbons (Fsp3) is 0.333. The summed E-state index contributed by atoms with van der Waals surface area (Å²) in [6, 6.07) is 6.72. The molecule has 5 rings (SSSR count). The first-order valence-corrected chi connectivity index (χ1v) is 10.2. The zero-order chi connectivity index (χ0) is 21.0. The number of hydrogen-bond acceptors (Lipinski definition) is 6. The zero-order valence-electron chi connectivity index (χ0n) is 16.9. The summed E-state index contributed by atoms with van der Waals surface area (Å²) >= 11 is 0. The number of aromatic hydroxyl groups is 1. The van der Waals surface area contributed by atoms with E-state index in [9.17, 15) is 14.7 Å². The van der Waals surface area contributed by atoms with Crippen molar-refractivity contribution in [2.24, 2.45) is 0 Å². The Morgan fingerprint density at radius 2 is 1.87 bits per heavy atom. The smallest absolute Gasteiger partial charge is 0.339 e. The SMILES string of the molecule is COc1cc([C@H]2CC(=O)c3c(C)cc4oc(=O)c5c(c4c3O2)CCCC5)ccc1O. The molecule has 0 fully saturated rings. The lowest BCUT2D eigenvalue weighted by Gasteiger charge is -2.29. The summed E-state index contributed by atoms with van der Waals surface area (Å²) in [7, 11) is 1.48. The van der Waals surface area contributed by atoms with Crippen molar-refractivity contribution in [2.75, 3.05) is 7.11 Å². The van der Waals surface area contributed by atoms with Gasteiger partial charge in [-0.15, -0.1) is 0 Å². The molecule has 1 atom stereocenters. The summed E-state index contributed by atoms with van der Waals surface area (Å²) in [4.78, 5) is 25.6. The van der Waals surface area contributed by atoms with Gasteiger partial charge in [0.1, 0.15) is 17.4 Å². The van der Waals surface area contributed by atoms with Crippen LogP contribution in [0.2, 0.25) is 0 Å². The molecule has 0 spiro atoms. The number of aryl methyl sites for hydroxylation is 2. The van der Waals surface area contributed by atoms with Crippen LogP contribution in [0.3, 0.4) is 0 Å². The van der Waals surface area contributed by atoms with Crippen molar-refractivity contribution in [3.05, 3.63) is 62.5 Å². The number of carbonyl (C=O) groups is 1. The van der Waals surface area contributed by atoms with Gasteiger partial charge in [0, 0.05) is 5.56 Å². The fourth-order valence-electron chi connectivity index (χ4n) is 4.69. The summed E-state index contributed by atoms with van der Waals surface area (Å²) in [5.41, 5.74) is 3.86. The molecule has 0 saturated carbocycles. The van der Waals surface area contributed by atoms with Crippen molar-refractivity contribution in [1.82, 2.24) is 0 Å². The highest BCUT2D eigenvalue weighted by Crippen LogP contribution is 2.44. The first kappa shape index (κ1) is 18.7. The van der Waals surface area contributed by atoms with Crippen LogP contribution in [-0.4, -0.2) is 18.0 Å². The molecule has 1 aliphatic heterocycles. The van der Waals surface area contributed by atoms with Gasteiger partial charge in [0.25, 0.3) is 0 Å². The molecule has 2 aliphatic rings. The fourth-order valence-corrected chi connectivity index (χ4v) is 4.69. The third kappa shape index (κ3) is 2.78. The number of methoxy groups -OCH3 is 1. The number of carbonyl (C=O) groups excluding carboxylic acids is 1. The Bertz CT molecular complexity index is 1250. The van der Waals surface area contributed by atoms with Crippen molar-refractivity contribution in [3.63, 3.8) is 0 Å². The summed E-state index contributed by atoms with van der Waals surface area (Å²) in [6.45, 7) is 1.84. The summed E-state index contributed by atoms with van der Waals surface area (Å²) in [6.07, 6.45) is 3.06. The maximum Gasteiger partial charge on any atom is 0.339 e. The molecule has 1 aliphatic carbocycles. The van der Waals surface area contributed by atoms with Gasteiger partial charge in [0.15, 0.2) is 17.3 Å². The Morgan fingerprint density at radius 3 is 2.63 bits per heavy atom. The Balaban J connectivity index is 1.73. The molecule has 6 heteroatoms. The second kappa shape index (κ2) is 6.90. The number of rotatable bonds is 2. The molecular weight excluding hydrogens is 384 g/mol. The third-order valence-corrected chi connectivity index (χ3v) is 6.15. The highest BCUT2D eigenvalue weighted by molar-refractivity contribution is 6.07. The second-order valence-corrected chi connectivity index (χ2v) is 7.99. The number of fused-ring (bicyclic) bond motifs is 5. The average molecular weight is 406 g/mol. The Kier molecular flexibility index (Phi) is 4.31. The number of ether oxygens (including phenoxy) is 2. The van der Waals surface area contributed by atoms with Gasteiger partial charge in [0.2, 0.25) is 0 Å². The van der Waals surface area contributed by atoms with Gasteiger partial charge in [-0.3, -0.25) is 4.79 Å². The topological polar surface area (TPSA) is 86.0 Å². The molecule has 30 heavy (non-hydrogen) atoms. The van der Waals surface area contributed by atoms with E-state index < -0.39 is 6.10 Å². The van der Waals surface area contributed by atoms with Crippen molar-refractivity contribution < 1.29 is 23.8 Å². The third-order valence-electron chi connectivity index (χ3n) is 6.15. The molecule has 1 N–H and O–H groups in total. The van der Waals surface area contributed by atoms with Crippen LogP contribution >= 0.6 is 0 Å². The first-order chi connectivity index (χ1) is 14.5. The van der Waals surface area contributed by atoms with Crippen molar-refractivity contribution in [1.29, 1.82) is 0 Å². The first-order valence-electron chi connectivity index (χ1n) is 10.2. The van der Waals surface area contributed by atoms with E-state index in [1.807, 2.05) is 6.92 Å². The van der Waals surface area contributed by atoms with Crippen LogP contribution in [0.25, 0.3) is 11.0 Å². The quantitative estimate of drug-likeness (QED) is 0.635. The summed E-state index contributed by atoms with van der Waals surface area (Å²) in [5.74, 6) is 0.844. The second-order valence-electron chi connectivity index (χ2n) is 7.99. The van der Waals surface area contributed by atoms with Crippen LogP contribution < -0.4 is 15.1 Å². The number of phenols is 1. The van der Waals surface area contributed by atoms with Crippen LogP contribution in [0.4, 0.5) is 0 Å². The van der Waals surface area contributed by atoms with Gasteiger partial charge in [-0.1, -0.05) is 6.07 Å². The molecule has 0 amide bonds. The molecular formula is C24H22O6. The maximum absolute atomic E-state index is 13.1. The molecule has 3 aromatic rings. The van der Waals surface area contributed by atoms with Gasteiger partial charge in [0.05, 0.1) is 24.5 Å². The molecule has 6 nitrogen and oxygen atoms in total.